The van der Waals surface area contributed by atoms with Gasteiger partial charge in [0.1, 0.15) is 0 Å². The Morgan fingerprint density at radius 2 is 1.72 bits per heavy atom. The normalized spacial score (nSPS) is 17.6. The SMILES string of the molecule is c1ccc(CCCCNC2CSCCSC2)cc1. The Labute approximate surface area is 120 Å². The molecule has 18 heavy (non-hydrogen) atoms. The monoisotopic (exact) mass is 281 g/mol. The van der Waals surface area contributed by atoms with Crippen molar-refractivity contribution in [1.82, 2.24) is 5.32 Å². The van der Waals surface area contributed by atoms with Gasteiger partial charge in [0.05, 0.1) is 0 Å². The van der Waals surface area contributed by atoms with E-state index in [1.807, 2.05) is 0 Å². The summed E-state index contributed by atoms with van der Waals surface area (Å²) in [5.41, 5.74) is 1.47. The van der Waals surface area contributed by atoms with Crippen LogP contribution in [0.5, 0.6) is 0 Å². The maximum Gasteiger partial charge on any atom is 0.0248 e. The molecule has 1 aliphatic rings. The highest BCUT2D eigenvalue weighted by atomic mass is 32.2. The van der Waals surface area contributed by atoms with Crippen LogP contribution in [0.25, 0.3) is 0 Å². The highest BCUT2D eigenvalue weighted by molar-refractivity contribution is 8.03. The zero-order valence-corrected chi connectivity index (χ0v) is 12.6. The Bertz CT molecular complexity index is 308. The van der Waals surface area contributed by atoms with Crippen molar-refractivity contribution < 1.29 is 0 Å². The Balaban J connectivity index is 1.53. The van der Waals surface area contributed by atoms with Gasteiger partial charge in [0.2, 0.25) is 0 Å². The largest absolute Gasteiger partial charge is 0.312 e. The summed E-state index contributed by atoms with van der Waals surface area (Å²) in [7, 11) is 0. The lowest BCUT2D eigenvalue weighted by Gasteiger charge is -2.15. The van der Waals surface area contributed by atoms with Crippen LogP contribution in [0.1, 0.15) is 18.4 Å². The van der Waals surface area contributed by atoms with Crippen LogP contribution in [-0.4, -0.2) is 35.6 Å². The molecule has 0 aromatic heterocycles. The van der Waals surface area contributed by atoms with E-state index in [-0.39, 0.29) is 0 Å². The van der Waals surface area contributed by atoms with Crippen molar-refractivity contribution in [2.24, 2.45) is 0 Å². The van der Waals surface area contributed by atoms with Gasteiger partial charge >= 0.3 is 0 Å². The van der Waals surface area contributed by atoms with E-state index in [0.29, 0.717) is 0 Å². The smallest absolute Gasteiger partial charge is 0.0248 e. The maximum atomic E-state index is 3.71. The van der Waals surface area contributed by atoms with E-state index in [4.69, 9.17) is 0 Å². The van der Waals surface area contributed by atoms with Crippen molar-refractivity contribution >= 4 is 23.5 Å². The summed E-state index contributed by atoms with van der Waals surface area (Å²) in [5.74, 6) is 5.26. The van der Waals surface area contributed by atoms with Gasteiger partial charge in [0, 0.05) is 29.1 Å². The number of nitrogens with one attached hydrogen (secondary N) is 1. The van der Waals surface area contributed by atoms with Gasteiger partial charge in [-0.05, 0) is 31.4 Å². The van der Waals surface area contributed by atoms with Crippen molar-refractivity contribution in [2.75, 3.05) is 29.6 Å². The van der Waals surface area contributed by atoms with E-state index in [0.717, 1.165) is 6.04 Å². The van der Waals surface area contributed by atoms with Crippen molar-refractivity contribution in [3.8, 4) is 0 Å². The van der Waals surface area contributed by atoms with Crippen LogP contribution in [0.4, 0.5) is 0 Å². The summed E-state index contributed by atoms with van der Waals surface area (Å²) in [6, 6.07) is 11.5. The second-order valence-electron chi connectivity index (χ2n) is 4.74. The quantitative estimate of drug-likeness (QED) is 0.802. The van der Waals surface area contributed by atoms with Crippen LogP contribution in [0, 0.1) is 0 Å². The first-order chi connectivity index (χ1) is 8.95. The molecule has 0 atom stereocenters. The first-order valence-electron chi connectivity index (χ1n) is 6.88. The number of hydrogen-bond donors (Lipinski definition) is 1. The fourth-order valence-electron chi connectivity index (χ4n) is 2.14. The van der Waals surface area contributed by atoms with Gasteiger partial charge in [0.15, 0.2) is 0 Å². The van der Waals surface area contributed by atoms with Gasteiger partial charge in [-0.2, -0.15) is 23.5 Å². The van der Waals surface area contributed by atoms with Crippen molar-refractivity contribution in [1.29, 1.82) is 0 Å². The molecule has 0 bridgehead atoms. The summed E-state index contributed by atoms with van der Waals surface area (Å²) < 4.78 is 0. The van der Waals surface area contributed by atoms with Gasteiger partial charge in [-0.3, -0.25) is 0 Å². The molecule has 1 saturated heterocycles. The fourth-order valence-corrected chi connectivity index (χ4v) is 4.61. The second-order valence-corrected chi connectivity index (χ2v) is 7.04. The molecule has 0 radical (unpaired) electrons. The lowest BCUT2D eigenvalue weighted by molar-refractivity contribution is 0.568. The average Bonchev–Trinajstić information content (AvgIpc) is 2.68. The lowest BCUT2D eigenvalue weighted by atomic mass is 10.1. The van der Waals surface area contributed by atoms with Crippen LogP contribution < -0.4 is 5.32 Å². The summed E-state index contributed by atoms with van der Waals surface area (Å²) in [5, 5.41) is 3.71. The molecule has 2 rings (SSSR count). The molecule has 0 unspecified atom stereocenters. The van der Waals surface area contributed by atoms with E-state index in [2.05, 4.69) is 59.2 Å². The summed E-state index contributed by atoms with van der Waals surface area (Å²) in [6.45, 7) is 1.18. The van der Waals surface area contributed by atoms with Crippen LogP contribution in [0.15, 0.2) is 30.3 Å². The minimum atomic E-state index is 0.735. The molecular formula is C15H23NS2. The Hall–Kier alpha value is -0.120. The molecule has 0 spiro atoms. The topological polar surface area (TPSA) is 12.0 Å². The number of hydrogen-bond acceptors (Lipinski definition) is 3. The minimum Gasteiger partial charge on any atom is -0.312 e. The molecule has 1 fully saturated rings. The molecule has 1 heterocycles. The molecule has 0 aliphatic carbocycles. The van der Waals surface area contributed by atoms with E-state index < -0.39 is 0 Å². The molecule has 0 amide bonds. The lowest BCUT2D eigenvalue weighted by Crippen LogP contribution is -2.33. The van der Waals surface area contributed by atoms with Crippen LogP contribution in [-0.2, 0) is 6.42 Å². The molecule has 0 saturated carbocycles. The Kier molecular flexibility index (Phi) is 7.06. The molecule has 1 N–H and O–H groups in total. The zero-order chi connectivity index (χ0) is 12.5. The van der Waals surface area contributed by atoms with E-state index in [1.165, 1.54) is 54.4 Å². The third-order valence-electron chi connectivity index (χ3n) is 3.18. The van der Waals surface area contributed by atoms with Gasteiger partial charge < -0.3 is 5.32 Å². The number of thioether (sulfide) groups is 2. The van der Waals surface area contributed by atoms with Crippen LogP contribution in [0.2, 0.25) is 0 Å². The average molecular weight is 281 g/mol. The third-order valence-corrected chi connectivity index (χ3v) is 5.70. The first-order valence-corrected chi connectivity index (χ1v) is 9.19. The summed E-state index contributed by atoms with van der Waals surface area (Å²) in [6.07, 6.45) is 3.81. The number of rotatable bonds is 6. The zero-order valence-electron chi connectivity index (χ0n) is 10.9. The van der Waals surface area contributed by atoms with Gasteiger partial charge in [-0.25, -0.2) is 0 Å². The predicted molar refractivity (Wildman–Crippen MR) is 85.8 cm³/mol. The molecule has 3 heteroatoms. The highest BCUT2D eigenvalue weighted by Crippen LogP contribution is 2.16. The highest BCUT2D eigenvalue weighted by Gasteiger charge is 2.11. The molecule has 1 nitrogen and oxygen atoms in total. The van der Waals surface area contributed by atoms with Crippen LogP contribution >= 0.6 is 23.5 Å². The molecular weight excluding hydrogens is 258 g/mol. The Morgan fingerprint density at radius 3 is 2.44 bits per heavy atom. The van der Waals surface area contributed by atoms with Gasteiger partial charge in [-0.15, -0.1) is 0 Å². The Morgan fingerprint density at radius 1 is 1.00 bits per heavy atom. The molecule has 1 aromatic carbocycles. The third kappa shape index (κ3) is 5.68. The second kappa shape index (κ2) is 8.89. The molecule has 100 valence electrons. The van der Waals surface area contributed by atoms with Gasteiger partial charge in [-0.1, -0.05) is 30.3 Å². The van der Waals surface area contributed by atoms with Crippen LogP contribution in [0.3, 0.4) is 0 Å². The number of unbranched alkanes of at least 4 members (excludes halogenated alkanes) is 1. The van der Waals surface area contributed by atoms with Crippen molar-refractivity contribution in [3.05, 3.63) is 35.9 Å². The fraction of sp³-hybridized carbons (Fsp3) is 0.600. The van der Waals surface area contributed by atoms with E-state index >= 15 is 0 Å². The maximum absolute atomic E-state index is 3.71. The van der Waals surface area contributed by atoms with Crippen molar-refractivity contribution in [3.63, 3.8) is 0 Å². The molecule has 1 aromatic rings. The number of aryl methyl sites for hydroxylation is 1. The van der Waals surface area contributed by atoms with Gasteiger partial charge in [0.25, 0.3) is 0 Å². The summed E-state index contributed by atoms with van der Waals surface area (Å²) in [4.78, 5) is 0. The van der Waals surface area contributed by atoms with E-state index in [1.54, 1.807) is 0 Å². The summed E-state index contributed by atoms with van der Waals surface area (Å²) >= 11 is 4.20. The van der Waals surface area contributed by atoms with Crippen molar-refractivity contribution in [2.45, 2.75) is 25.3 Å². The first kappa shape index (κ1) is 14.3. The standard InChI is InChI=1S/C15H23NS2/c1-2-6-14(7-3-1)8-4-5-9-16-15-12-17-10-11-18-13-15/h1-3,6-7,15-16H,4-5,8-13H2. The minimum absolute atomic E-state index is 0.735. The van der Waals surface area contributed by atoms with E-state index in [9.17, 15) is 0 Å². The number of benzene rings is 1. The predicted octanol–water partition coefficient (Wildman–Crippen LogP) is 3.45. The molecule has 1 aliphatic heterocycles.